The van der Waals surface area contributed by atoms with Gasteiger partial charge in [-0.05, 0) is 24.3 Å². The van der Waals surface area contributed by atoms with Gasteiger partial charge < -0.3 is 18.4 Å². The molecule has 9 heteroatoms. The fraction of sp³-hybridized carbons (Fsp3) is 0.130. The van der Waals surface area contributed by atoms with E-state index < -0.39 is 5.97 Å². The van der Waals surface area contributed by atoms with Gasteiger partial charge in [-0.25, -0.2) is 9.97 Å². The molecule has 0 atom stereocenters. The molecule has 0 N–H and O–H groups in total. The molecule has 0 bridgehead atoms. The molecule has 0 aliphatic rings. The first kappa shape index (κ1) is 20.1. The second-order valence-electron chi connectivity index (χ2n) is 6.78. The number of ether oxygens (including phenoxy) is 2. The summed E-state index contributed by atoms with van der Waals surface area (Å²) in [6.07, 6.45) is 1.46. The fourth-order valence-corrected chi connectivity index (χ4v) is 4.02. The molecule has 5 rings (SSSR count). The van der Waals surface area contributed by atoms with Crippen LogP contribution in [0, 0.1) is 0 Å². The van der Waals surface area contributed by atoms with Gasteiger partial charge >= 0.3 is 5.97 Å². The van der Waals surface area contributed by atoms with E-state index in [4.69, 9.17) is 18.4 Å². The summed E-state index contributed by atoms with van der Waals surface area (Å²) >= 11 is 1.23. The third kappa shape index (κ3) is 3.90. The standard InChI is InChI=1S/C23H17N3O5S/c1-28-18-8-4-2-6-15(18)17-10-14(31-26-17)11-29-20(27)12-32-23-22-21(24-13-25-23)16-7-3-5-9-19(16)30-22/h2-10,13H,11-12H2,1H3. The van der Waals surface area contributed by atoms with Crippen molar-refractivity contribution in [2.24, 2.45) is 0 Å². The van der Waals surface area contributed by atoms with E-state index >= 15 is 0 Å². The maximum atomic E-state index is 12.3. The molecule has 32 heavy (non-hydrogen) atoms. The molecule has 0 saturated heterocycles. The molecule has 0 aliphatic carbocycles. The van der Waals surface area contributed by atoms with Crippen molar-refractivity contribution >= 4 is 39.8 Å². The van der Waals surface area contributed by atoms with Gasteiger partial charge in [0.1, 0.15) is 33.9 Å². The van der Waals surface area contributed by atoms with Crippen LogP contribution in [0.5, 0.6) is 5.75 Å². The van der Waals surface area contributed by atoms with E-state index in [9.17, 15) is 4.79 Å². The minimum Gasteiger partial charge on any atom is -0.496 e. The Morgan fingerprint density at radius 2 is 1.94 bits per heavy atom. The van der Waals surface area contributed by atoms with Crippen molar-refractivity contribution in [1.82, 2.24) is 15.1 Å². The maximum absolute atomic E-state index is 12.3. The van der Waals surface area contributed by atoms with Gasteiger partial charge in [0.25, 0.3) is 0 Å². The zero-order valence-electron chi connectivity index (χ0n) is 17.0. The number of nitrogens with zero attached hydrogens (tertiary/aromatic N) is 3. The summed E-state index contributed by atoms with van der Waals surface area (Å²) in [5.41, 5.74) is 3.41. The number of aromatic nitrogens is 3. The van der Waals surface area contributed by atoms with Crippen molar-refractivity contribution in [1.29, 1.82) is 0 Å². The van der Waals surface area contributed by atoms with Gasteiger partial charge in [0.05, 0.1) is 12.9 Å². The Kier molecular flexibility index (Phi) is 5.47. The largest absolute Gasteiger partial charge is 0.496 e. The Balaban J connectivity index is 1.23. The number of benzene rings is 2. The number of carbonyl (C=O) groups is 1. The summed E-state index contributed by atoms with van der Waals surface area (Å²) in [6, 6.07) is 16.8. The number of esters is 1. The van der Waals surface area contributed by atoms with Crippen LogP contribution >= 0.6 is 11.8 Å². The Hall–Kier alpha value is -3.85. The number of hydrogen-bond donors (Lipinski definition) is 0. The number of furan rings is 1. The molecule has 2 aromatic carbocycles. The minimum atomic E-state index is -0.409. The van der Waals surface area contributed by atoms with Gasteiger partial charge in [0, 0.05) is 17.0 Å². The highest BCUT2D eigenvalue weighted by Crippen LogP contribution is 2.32. The Morgan fingerprint density at radius 1 is 1.09 bits per heavy atom. The van der Waals surface area contributed by atoms with Gasteiger partial charge in [-0.15, -0.1) is 0 Å². The van der Waals surface area contributed by atoms with E-state index in [0.29, 0.717) is 27.8 Å². The van der Waals surface area contributed by atoms with Gasteiger partial charge in [-0.3, -0.25) is 4.79 Å². The maximum Gasteiger partial charge on any atom is 0.316 e. The van der Waals surface area contributed by atoms with Gasteiger partial charge in [-0.1, -0.05) is 41.2 Å². The molecule has 5 aromatic rings. The van der Waals surface area contributed by atoms with Crippen LogP contribution in [0.15, 0.2) is 74.9 Å². The smallest absolute Gasteiger partial charge is 0.316 e. The van der Waals surface area contributed by atoms with E-state index in [1.54, 1.807) is 13.2 Å². The topological polar surface area (TPSA) is 100 Å². The van der Waals surface area contributed by atoms with Crippen molar-refractivity contribution < 1.29 is 23.2 Å². The zero-order chi connectivity index (χ0) is 21.9. The molecule has 0 fully saturated rings. The summed E-state index contributed by atoms with van der Waals surface area (Å²) < 4.78 is 21.8. The lowest BCUT2D eigenvalue weighted by Gasteiger charge is -2.04. The number of methoxy groups -OCH3 is 1. The van der Waals surface area contributed by atoms with Crippen LogP contribution in [0.25, 0.3) is 33.3 Å². The SMILES string of the molecule is COc1ccccc1-c1cc(COC(=O)CSc2ncnc3c2oc2ccccc23)on1. The Bertz CT molecular complexity index is 1410. The second kappa shape index (κ2) is 8.72. The van der Waals surface area contributed by atoms with Crippen molar-refractivity contribution in [3.05, 3.63) is 66.7 Å². The normalized spacial score (nSPS) is 11.2. The monoisotopic (exact) mass is 447 g/mol. The van der Waals surface area contributed by atoms with Crippen LogP contribution in [0.1, 0.15) is 5.76 Å². The molecular formula is C23H17N3O5S. The van der Waals surface area contributed by atoms with Crippen LogP contribution in [0.3, 0.4) is 0 Å². The predicted molar refractivity (Wildman–Crippen MR) is 118 cm³/mol. The van der Waals surface area contributed by atoms with Gasteiger partial charge in [-0.2, -0.15) is 0 Å². The van der Waals surface area contributed by atoms with Gasteiger partial charge in [0.15, 0.2) is 18.0 Å². The summed E-state index contributed by atoms with van der Waals surface area (Å²) in [5.74, 6) is 0.776. The number of fused-ring (bicyclic) bond motifs is 3. The number of carbonyl (C=O) groups excluding carboxylic acids is 1. The van der Waals surface area contributed by atoms with Crippen LogP contribution in [-0.2, 0) is 16.1 Å². The van der Waals surface area contributed by atoms with Crippen molar-refractivity contribution in [3.8, 4) is 17.0 Å². The number of hydrogen-bond acceptors (Lipinski definition) is 9. The van der Waals surface area contributed by atoms with Crippen LogP contribution in [0.4, 0.5) is 0 Å². The van der Waals surface area contributed by atoms with Crippen LogP contribution in [-0.4, -0.2) is 34.0 Å². The summed E-state index contributed by atoms with van der Waals surface area (Å²) in [6.45, 7) is -0.0225. The third-order valence-corrected chi connectivity index (χ3v) is 5.71. The van der Waals surface area contributed by atoms with Crippen LogP contribution in [0.2, 0.25) is 0 Å². The van der Waals surface area contributed by atoms with Crippen molar-refractivity contribution in [2.45, 2.75) is 11.6 Å². The predicted octanol–water partition coefficient (Wildman–Crippen LogP) is 4.88. The second-order valence-corrected chi connectivity index (χ2v) is 7.75. The molecule has 3 heterocycles. The summed E-state index contributed by atoms with van der Waals surface area (Å²) in [7, 11) is 1.59. The van der Waals surface area contributed by atoms with Crippen LogP contribution < -0.4 is 4.74 Å². The molecule has 160 valence electrons. The van der Waals surface area contributed by atoms with Gasteiger partial charge in [0.2, 0.25) is 0 Å². The first-order valence-electron chi connectivity index (χ1n) is 9.72. The molecule has 0 radical (unpaired) electrons. The molecule has 0 unspecified atom stereocenters. The first-order valence-corrected chi connectivity index (χ1v) is 10.7. The summed E-state index contributed by atoms with van der Waals surface area (Å²) in [4.78, 5) is 20.8. The number of thioether (sulfide) groups is 1. The molecular weight excluding hydrogens is 430 g/mol. The Labute approximate surface area is 186 Å². The first-order chi connectivity index (χ1) is 15.7. The highest BCUT2D eigenvalue weighted by Gasteiger charge is 2.16. The fourth-order valence-electron chi connectivity index (χ4n) is 3.29. The molecule has 0 saturated carbocycles. The van der Waals surface area contributed by atoms with Crippen molar-refractivity contribution in [2.75, 3.05) is 12.9 Å². The highest BCUT2D eigenvalue weighted by atomic mass is 32.2. The zero-order valence-corrected chi connectivity index (χ0v) is 17.8. The molecule has 0 aliphatic heterocycles. The van der Waals surface area contributed by atoms with Crippen molar-refractivity contribution in [3.63, 3.8) is 0 Å². The van der Waals surface area contributed by atoms with E-state index in [2.05, 4.69) is 15.1 Å². The molecule has 0 spiro atoms. The molecule has 8 nitrogen and oxygen atoms in total. The highest BCUT2D eigenvalue weighted by molar-refractivity contribution is 8.00. The van der Waals surface area contributed by atoms with E-state index in [-0.39, 0.29) is 12.4 Å². The molecule has 0 amide bonds. The number of rotatable bonds is 7. The lowest BCUT2D eigenvalue weighted by Crippen LogP contribution is -2.07. The average molecular weight is 447 g/mol. The van der Waals surface area contributed by atoms with E-state index in [0.717, 1.165) is 22.0 Å². The minimum absolute atomic E-state index is 0.0225. The average Bonchev–Trinajstić information content (AvgIpc) is 3.46. The Morgan fingerprint density at radius 3 is 2.84 bits per heavy atom. The molecule has 3 aromatic heterocycles. The van der Waals surface area contributed by atoms with E-state index in [1.165, 1.54) is 18.1 Å². The quantitative estimate of drug-likeness (QED) is 0.196. The third-order valence-electron chi connectivity index (χ3n) is 4.77. The summed E-state index contributed by atoms with van der Waals surface area (Å²) in [5, 5.41) is 5.53. The van der Waals surface area contributed by atoms with E-state index in [1.807, 2.05) is 48.5 Å². The lowest BCUT2D eigenvalue weighted by molar-refractivity contribution is -0.142. The lowest BCUT2D eigenvalue weighted by atomic mass is 10.1. The number of para-hydroxylation sites is 2.